The topological polar surface area (TPSA) is 24.4 Å². The highest BCUT2D eigenvalue weighted by Gasteiger charge is 2.05. The molecule has 1 N–H and O–H groups in total. The number of hydrogen-bond donors (Lipinski definition) is 1. The number of nitrogens with one attached hydrogen (secondary N) is 1. The van der Waals surface area contributed by atoms with Crippen LogP contribution in [-0.2, 0) is 0 Å². The first-order valence-corrected chi connectivity index (χ1v) is 4.43. The maximum absolute atomic E-state index is 4.14. The Morgan fingerprint density at radius 1 is 1.14 bits per heavy atom. The van der Waals surface area contributed by atoms with Crippen LogP contribution in [0.4, 0.5) is 0 Å². The molecule has 0 aromatic heterocycles. The Kier molecular flexibility index (Phi) is 5.24. The largest absolute Gasteiger partial charge is 0.305 e. The highest BCUT2D eigenvalue weighted by molar-refractivity contribution is 5.85. The molecule has 0 unspecified atom stereocenters. The van der Waals surface area contributed by atoms with Crippen LogP contribution in [0.15, 0.2) is 35.4 Å². The van der Waals surface area contributed by atoms with Crippen molar-refractivity contribution < 1.29 is 0 Å². The Balaban J connectivity index is 0.00000169. The van der Waals surface area contributed by atoms with Crippen LogP contribution in [0.25, 0.3) is 0 Å². The Hall–Kier alpha value is -1.02. The van der Waals surface area contributed by atoms with Gasteiger partial charge < -0.3 is 5.43 Å². The molecule has 0 bridgehead atoms. The second kappa shape index (κ2) is 5.66. The van der Waals surface area contributed by atoms with Crippen molar-refractivity contribution in [3.05, 3.63) is 35.9 Å². The molecule has 14 heavy (non-hydrogen) atoms. The van der Waals surface area contributed by atoms with Crippen LogP contribution in [0, 0.1) is 0 Å². The minimum Gasteiger partial charge on any atom is -0.305 e. The molecule has 0 spiro atoms. The Morgan fingerprint density at radius 3 is 2.21 bits per heavy atom. The third-order valence-corrected chi connectivity index (χ3v) is 1.41. The van der Waals surface area contributed by atoms with E-state index in [1.165, 1.54) is 0 Å². The summed E-state index contributed by atoms with van der Waals surface area (Å²) in [4.78, 5) is 0. The normalized spacial score (nSPS) is 11.1. The van der Waals surface area contributed by atoms with E-state index in [1.807, 2.05) is 36.5 Å². The Bertz CT molecular complexity index is 275. The molecular weight excluding hydrogens is 196 g/mol. The summed E-state index contributed by atoms with van der Waals surface area (Å²) in [6.07, 6.45) is 1.82. The summed E-state index contributed by atoms with van der Waals surface area (Å²) in [5.74, 6) is 0. The molecule has 0 atom stereocenters. The molecule has 1 aromatic rings. The molecule has 0 amide bonds. The van der Waals surface area contributed by atoms with Crippen molar-refractivity contribution in [2.24, 2.45) is 5.10 Å². The first kappa shape index (κ1) is 13.0. The first-order valence-electron chi connectivity index (χ1n) is 4.43. The fourth-order valence-electron chi connectivity index (χ4n) is 0.840. The first-order chi connectivity index (χ1) is 6.08. The fourth-order valence-corrected chi connectivity index (χ4v) is 0.840. The van der Waals surface area contributed by atoms with Gasteiger partial charge in [-0.1, -0.05) is 30.3 Å². The van der Waals surface area contributed by atoms with Crippen molar-refractivity contribution in [2.45, 2.75) is 26.3 Å². The van der Waals surface area contributed by atoms with Crippen LogP contribution in [0.1, 0.15) is 26.3 Å². The van der Waals surface area contributed by atoms with E-state index in [2.05, 4.69) is 31.3 Å². The van der Waals surface area contributed by atoms with E-state index in [0.717, 1.165) is 5.56 Å². The highest BCUT2D eigenvalue weighted by Crippen LogP contribution is 1.98. The molecule has 78 valence electrons. The summed E-state index contributed by atoms with van der Waals surface area (Å²) in [6, 6.07) is 10.0. The molecule has 0 saturated heterocycles. The third-order valence-electron chi connectivity index (χ3n) is 1.41. The van der Waals surface area contributed by atoms with E-state index in [1.54, 1.807) is 0 Å². The van der Waals surface area contributed by atoms with Crippen molar-refractivity contribution in [1.29, 1.82) is 0 Å². The lowest BCUT2D eigenvalue weighted by Gasteiger charge is -2.16. The van der Waals surface area contributed by atoms with E-state index >= 15 is 0 Å². The number of hydrogen-bond acceptors (Lipinski definition) is 2. The third kappa shape index (κ3) is 5.60. The molecule has 0 aliphatic carbocycles. The monoisotopic (exact) mass is 212 g/mol. The quantitative estimate of drug-likeness (QED) is 0.592. The summed E-state index contributed by atoms with van der Waals surface area (Å²) in [6.45, 7) is 6.24. The second-order valence-electron chi connectivity index (χ2n) is 4.03. The van der Waals surface area contributed by atoms with Crippen molar-refractivity contribution in [1.82, 2.24) is 5.43 Å². The molecule has 2 nitrogen and oxygen atoms in total. The molecule has 0 heterocycles. The molecular formula is C11H17ClN2. The number of hydrazone groups is 1. The van der Waals surface area contributed by atoms with E-state index in [4.69, 9.17) is 0 Å². The molecule has 1 aromatic carbocycles. The van der Waals surface area contributed by atoms with Crippen LogP contribution in [0.3, 0.4) is 0 Å². The van der Waals surface area contributed by atoms with Crippen LogP contribution >= 0.6 is 12.4 Å². The number of nitrogens with zero attached hydrogens (tertiary/aromatic N) is 1. The minimum atomic E-state index is 0. The van der Waals surface area contributed by atoms with Crippen molar-refractivity contribution >= 4 is 18.6 Å². The average Bonchev–Trinajstić information content (AvgIpc) is 2.04. The Morgan fingerprint density at radius 2 is 1.71 bits per heavy atom. The SMILES string of the molecule is CC(C)(C)N/N=C/c1ccccc1.Cl. The van der Waals surface area contributed by atoms with Crippen molar-refractivity contribution in [3.8, 4) is 0 Å². The van der Waals surface area contributed by atoms with Gasteiger partial charge in [0, 0.05) is 5.54 Å². The lowest BCUT2D eigenvalue weighted by molar-refractivity contribution is 0.442. The maximum Gasteiger partial charge on any atom is 0.0540 e. The van der Waals surface area contributed by atoms with Crippen molar-refractivity contribution in [2.75, 3.05) is 0 Å². The van der Waals surface area contributed by atoms with Crippen LogP contribution in [-0.4, -0.2) is 11.8 Å². The van der Waals surface area contributed by atoms with Gasteiger partial charge in [0.05, 0.1) is 6.21 Å². The lowest BCUT2D eigenvalue weighted by atomic mass is 10.1. The lowest BCUT2D eigenvalue weighted by Crippen LogP contribution is -2.31. The summed E-state index contributed by atoms with van der Waals surface area (Å²) in [5.41, 5.74) is 4.18. The van der Waals surface area contributed by atoms with Gasteiger partial charge >= 0.3 is 0 Å². The molecule has 3 heteroatoms. The Labute approximate surface area is 91.8 Å². The van der Waals surface area contributed by atoms with Gasteiger partial charge in [-0.25, -0.2) is 0 Å². The zero-order chi connectivity index (χ0) is 9.73. The standard InChI is InChI=1S/C11H16N2.ClH/c1-11(2,3)13-12-9-10-7-5-4-6-8-10;/h4-9,13H,1-3H3;1H/b12-9+;. The summed E-state index contributed by atoms with van der Waals surface area (Å²) in [5, 5.41) is 4.14. The van der Waals surface area contributed by atoms with Gasteiger partial charge in [-0.05, 0) is 26.3 Å². The predicted octanol–water partition coefficient (Wildman–Crippen LogP) is 2.83. The molecule has 1 rings (SSSR count). The van der Waals surface area contributed by atoms with Gasteiger partial charge in [0.2, 0.25) is 0 Å². The van der Waals surface area contributed by atoms with Crippen LogP contribution in [0.5, 0.6) is 0 Å². The average molecular weight is 213 g/mol. The zero-order valence-electron chi connectivity index (χ0n) is 8.82. The van der Waals surface area contributed by atoms with Gasteiger partial charge in [0.25, 0.3) is 0 Å². The molecule has 0 radical (unpaired) electrons. The minimum absolute atomic E-state index is 0. The molecule has 0 aliphatic rings. The number of rotatable bonds is 2. The van der Waals surface area contributed by atoms with Gasteiger partial charge in [-0.3, -0.25) is 0 Å². The van der Waals surface area contributed by atoms with Crippen molar-refractivity contribution in [3.63, 3.8) is 0 Å². The predicted molar refractivity (Wildman–Crippen MR) is 64.2 cm³/mol. The van der Waals surface area contributed by atoms with E-state index in [-0.39, 0.29) is 17.9 Å². The zero-order valence-corrected chi connectivity index (χ0v) is 9.64. The highest BCUT2D eigenvalue weighted by atomic mass is 35.5. The smallest absolute Gasteiger partial charge is 0.0540 e. The molecule has 0 aliphatic heterocycles. The van der Waals surface area contributed by atoms with Gasteiger partial charge in [0.15, 0.2) is 0 Å². The summed E-state index contributed by atoms with van der Waals surface area (Å²) in [7, 11) is 0. The molecule has 0 fully saturated rings. The van der Waals surface area contributed by atoms with Crippen LogP contribution in [0.2, 0.25) is 0 Å². The van der Waals surface area contributed by atoms with Gasteiger partial charge in [-0.2, -0.15) is 5.10 Å². The van der Waals surface area contributed by atoms with E-state index < -0.39 is 0 Å². The summed E-state index contributed by atoms with van der Waals surface area (Å²) < 4.78 is 0. The summed E-state index contributed by atoms with van der Waals surface area (Å²) >= 11 is 0. The second-order valence-corrected chi connectivity index (χ2v) is 4.03. The van der Waals surface area contributed by atoms with E-state index in [0.29, 0.717) is 0 Å². The maximum atomic E-state index is 4.14. The van der Waals surface area contributed by atoms with Gasteiger partial charge in [-0.15, -0.1) is 12.4 Å². The number of halogens is 1. The van der Waals surface area contributed by atoms with Crippen LogP contribution < -0.4 is 5.43 Å². The number of benzene rings is 1. The van der Waals surface area contributed by atoms with E-state index in [9.17, 15) is 0 Å². The fraction of sp³-hybridized carbons (Fsp3) is 0.364. The molecule has 0 saturated carbocycles. The van der Waals surface area contributed by atoms with Gasteiger partial charge in [0.1, 0.15) is 0 Å².